The van der Waals surface area contributed by atoms with Crippen molar-refractivity contribution in [2.45, 2.75) is 17.8 Å². The fourth-order valence-electron chi connectivity index (χ4n) is 4.75. The Morgan fingerprint density at radius 3 is 2.44 bits per heavy atom. The molecule has 2 unspecified atom stereocenters. The van der Waals surface area contributed by atoms with Crippen LogP contribution in [0.4, 0.5) is 0 Å². The summed E-state index contributed by atoms with van der Waals surface area (Å²) in [4.78, 5) is 15.1. The zero-order valence-electron chi connectivity index (χ0n) is 19.7. The van der Waals surface area contributed by atoms with Crippen molar-refractivity contribution in [1.82, 2.24) is 4.90 Å². The first-order chi connectivity index (χ1) is 16.5. The van der Waals surface area contributed by atoms with Gasteiger partial charge < -0.3 is 23.8 Å². The molecule has 176 valence electrons. The number of hydrogen-bond acceptors (Lipinski definition) is 6. The molecule has 2 heterocycles. The Morgan fingerprint density at radius 1 is 1.00 bits per heavy atom. The molecule has 0 saturated heterocycles. The van der Waals surface area contributed by atoms with Gasteiger partial charge in [-0.15, -0.1) is 11.8 Å². The molecule has 2 atom stereocenters. The van der Waals surface area contributed by atoms with Crippen LogP contribution in [-0.4, -0.2) is 44.9 Å². The Labute approximate surface area is 203 Å². The highest BCUT2D eigenvalue weighted by Crippen LogP contribution is 2.55. The van der Waals surface area contributed by atoms with Crippen molar-refractivity contribution in [1.29, 1.82) is 0 Å². The second-order valence-electron chi connectivity index (χ2n) is 8.40. The minimum absolute atomic E-state index is 0.0834. The van der Waals surface area contributed by atoms with Crippen molar-refractivity contribution < 1.29 is 23.7 Å². The van der Waals surface area contributed by atoms with E-state index in [2.05, 4.69) is 0 Å². The molecule has 0 aromatic heterocycles. The van der Waals surface area contributed by atoms with Gasteiger partial charge in [0.1, 0.15) is 17.6 Å². The van der Waals surface area contributed by atoms with Gasteiger partial charge in [0, 0.05) is 36.7 Å². The van der Waals surface area contributed by atoms with Crippen LogP contribution in [0.2, 0.25) is 0 Å². The highest BCUT2D eigenvalue weighted by atomic mass is 32.2. The standard InChI is InChI=1S/C27H27NO5S/c1-28-14-19-18-12-22(30-2)23(31-3)13-21(18)33-25-20(32-15-16-8-6-5-7-9-16)11-10-17(24(19)25)26(34-4)27(28)29/h5-13,19,26H,14-15H2,1-4H3. The minimum atomic E-state index is -0.308. The zero-order valence-corrected chi connectivity index (χ0v) is 20.5. The summed E-state index contributed by atoms with van der Waals surface area (Å²) in [5, 5.41) is -0.308. The fraction of sp³-hybridized carbons (Fsp3) is 0.296. The van der Waals surface area contributed by atoms with Gasteiger partial charge in [-0.25, -0.2) is 0 Å². The molecule has 0 N–H and O–H groups in total. The third-order valence-corrected chi connectivity index (χ3v) is 7.38. The first-order valence-corrected chi connectivity index (χ1v) is 12.4. The number of carbonyl (C=O) groups is 1. The third kappa shape index (κ3) is 3.74. The van der Waals surface area contributed by atoms with Gasteiger partial charge in [-0.1, -0.05) is 36.4 Å². The molecular formula is C27H27NO5S. The van der Waals surface area contributed by atoms with Gasteiger partial charge in [0.15, 0.2) is 23.0 Å². The van der Waals surface area contributed by atoms with Crippen LogP contribution in [0.3, 0.4) is 0 Å². The van der Waals surface area contributed by atoms with E-state index >= 15 is 0 Å². The van der Waals surface area contributed by atoms with Gasteiger partial charge in [0.2, 0.25) is 5.91 Å². The number of methoxy groups -OCH3 is 2. The van der Waals surface area contributed by atoms with E-state index < -0.39 is 0 Å². The van der Waals surface area contributed by atoms with Gasteiger partial charge in [-0.05, 0) is 29.5 Å². The molecule has 7 heteroatoms. The molecule has 34 heavy (non-hydrogen) atoms. The molecule has 0 bridgehead atoms. The van der Waals surface area contributed by atoms with Gasteiger partial charge in [0.25, 0.3) is 0 Å². The average Bonchev–Trinajstić information content (AvgIpc) is 2.98. The largest absolute Gasteiger partial charge is 0.493 e. The van der Waals surface area contributed by atoms with Crippen LogP contribution in [0, 0.1) is 0 Å². The van der Waals surface area contributed by atoms with Crippen molar-refractivity contribution in [2.75, 3.05) is 34.1 Å². The van der Waals surface area contributed by atoms with Crippen molar-refractivity contribution >= 4 is 17.7 Å². The molecule has 2 aliphatic rings. The summed E-state index contributed by atoms with van der Waals surface area (Å²) in [5.41, 5.74) is 4.00. The van der Waals surface area contributed by atoms with Crippen LogP contribution in [0.1, 0.15) is 33.4 Å². The predicted octanol–water partition coefficient (Wildman–Crippen LogP) is 5.40. The van der Waals surface area contributed by atoms with E-state index in [1.54, 1.807) is 14.2 Å². The Kier molecular flexibility index (Phi) is 6.04. The zero-order chi connectivity index (χ0) is 23.8. The number of hydrogen-bond donors (Lipinski definition) is 0. The van der Waals surface area contributed by atoms with E-state index in [-0.39, 0.29) is 17.1 Å². The number of rotatable bonds is 6. The molecule has 5 rings (SSSR count). The molecule has 2 aliphatic heterocycles. The first-order valence-electron chi connectivity index (χ1n) is 11.1. The maximum absolute atomic E-state index is 13.3. The Balaban J connectivity index is 1.67. The Hall–Kier alpha value is -3.32. The van der Waals surface area contributed by atoms with E-state index in [0.29, 0.717) is 41.9 Å². The molecule has 3 aromatic rings. The van der Waals surface area contributed by atoms with Crippen LogP contribution >= 0.6 is 11.8 Å². The molecule has 3 aromatic carbocycles. The Morgan fingerprint density at radius 2 is 1.74 bits per heavy atom. The number of fused-ring (bicyclic) bond motifs is 2. The van der Waals surface area contributed by atoms with Crippen molar-refractivity contribution in [3.63, 3.8) is 0 Å². The van der Waals surface area contributed by atoms with Gasteiger partial charge >= 0.3 is 0 Å². The van der Waals surface area contributed by atoms with Crippen LogP contribution in [0.25, 0.3) is 0 Å². The molecule has 1 amide bonds. The number of ether oxygens (including phenoxy) is 4. The maximum atomic E-state index is 13.3. The topological polar surface area (TPSA) is 57.2 Å². The lowest BCUT2D eigenvalue weighted by Gasteiger charge is -2.31. The maximum Gasteiger partial charge on any atom is 0.239 e. The second kappa shape index (κ2) is 9.14. The second-order valence-corrected chi connectivity index (χ2v) is 9.35. The molecule has 0 radical (unpaired) electrons. The summed E-state index contributed by atoms with van der Waals surface area (Å²) < 4.78 is 23.9. The normalized spacial score (nSPS) is 18.4. The van der Waals surface area contributed by atoms with Crippen molar-refractivity contribution in [3.8, 4) is 28.7 Å². The van der Waals surface area contributed by atoms with E-state index in [9.17, 15) is 4.79 Å². The number of benzene rings is 3. The van der Waals surface area contributed by atoms with E-state index in [4.69, 9.17) is 18.9 Å². The summed E-state index contributed by atoms with van der Waals surface area (Å²) in [7, 11) is 5.09. The summed E-state index contributed by atoms with van der Waals surface area (Å²) in [6.07, 6.45) is 1.97. The molecular weight excluding hydrogens is 450 g/mol. The smallest absolute Gasteiger partial charge is 0.239 e. The summed E-state index contributed by atoms with van der Waals surface area (Å²) >= 11 is 1.54. The predicted molar refractivity (Wildman–Crippen MR) is 133 cm³/mol. The van der Waals surface area contributed by atoms with Gasteiger partial charge in [-0.3, -0.25) is 4.79 Å². The lowest BCUT2D eigenvalue weighted by atomic mass is 9.84. The monoisotopic (exact) mass is 477 g/mol. The molecule has 6 nitrogen and oxygen atoms in total. The molecule has 0 spiro atoms. The van der Waals surface area contributed by atoms with Crippen molar-refractivity contribution in [2.24, 2.45) is 0 Å². The van der Waals surface area contributed by atoms with Crippen LogP contribution in [0.15, 0.2) is 54.6 Å². The summed E-state index contributed by atoms with van der Waals surface area (Å²) in [6.45, 7) is 0.952. The van der Waals surface area contributed by atoms with Crippen LogP contribution in [0.5, 0.6) is 28.7 Å². The third-order valence-electron chi connectivity index (χ3n) is 6.46. The van der Waals surface area contributed by atoms with Crippen molar-refractivity contribution in [3.05, 3.63) is 76.9 Å². The molecule has 0 fully saturated rings. The van der Waals surface area contributed by atoms with E-state index in [1.165, 1.54) is 11.8 Å². The number of likely N-dealkylation sites (N-methyl/N-ethyl adjacent to an activating group) is 1. The summed E-state index contributed by atoms with van der Waals surface area (Å²) in [5.74, 6) is 3.23. The lowest BCUT2D eigenvalue weighted by molar-refractivity contribution is -0.129. The SMILES string of the molecule is COc1cc2c(cc1OC)C1CN(C)C(=O)C(SC)c3ccc(OCc4ccccc4)c(c31)O2. The highest BCUT2D eigenvalue weighted by Gasteiger charge is 2.41. The Bertz CT molecular complexity index is 1230. The van der Waals surface area contributed by atoms with Gasteiger partial charge in [0.05, 0.1) is 14.2 Å². The number of carbonyl (C=O) groups excluding carboxylic acids is 1. The van der Waals surface area contributed by atoms with Gasteiger partial charge in [-0.2, -0.15) is 0 Å². The number of nitrogens with zero attached hydrogens (tertiary/aromatic N) is 1. The summed E-state index contributed by atoms with van der Waals surface area (Å²) in [6, 6.07) is 17.8. The fourth-order valence-corrected chi connectivity index (χ4v) is 5.59. The van der Waals surface area contributed by atoms with E-state index in [1.807, 2.05) is 72.8 Å². The highest BCUT2D eigenvalue weighted by molar-refractivity contribution is 7.99. The molecule has 0 saturated carbocycles. The molecule has 0 aliphatic carbocycles. The number of thioether (sulfide) groups is 1. The number of amides is 1. The quantitative estimate of drug-likeness (QED) is 0.474. The average molecular weight is 478 g/mol. The first kappa shape index (κ1) is 22.5. The van der Waals surface area contributed by atoms with E-state index in [0.717, 1.165) is 22.3 Å². The van der Waals surface area contributed by atoms with Crippen LogP contribution < -0.4 is 18.9 Å². The minimum Gasteiger partial charge on any atom is -0.493 e. The lowest BCUT2D eigenvalue weighted by Crippen LogP contribution is -2.31. The van der Waals surface area contributed by atoms with Crippen LogP contribution in [-0.2, 0) is 11.4 Å².